The van der Waals surface area contributed by atoms with Gasteiger partial charge in [-0.2, -0.15) is 0 Å². The molecular formula is C21H24N4O3S3. The van der Waals surface area contributed by atoms with Crippen LogP contribution in [0.4, 0.5) is 5.00 Å². The number of nitrogens with one attached hydrogen (secondary N) is 1. The van der Waals surface area contributed by atoms with Gasteiger partial charge in [-0.25, -0.2) is 4.79 Å². The van der Waals surface area contributed by atoms with Crippen molar-refractivity contribution in [2.24, 2.45) is 7.05 Å². The molecule has 0 unspecified atom stereocenters. The lowest BCUT2D eigenvalue weighted by atomic mass is 9.96. The molecule has 7 nitrogen and oxygen atoms in total. The van der Waals surface area contributed by atoms with Gasteiger partial charge in [-0.3, -0.25) is 4.79 Å². The number of amides is 1. The topological polar surface area (TPSA) is 86.1 Å². The second-order valence-corrected chi connectivity index (χ2v) is 10.4. The van der Waals surface area contributed by atoms with Crippen molar-refractivity contribution in [3.63, 3.8) is 0 Å². The van der Waals surface area contributed by atoms with Gasteiger partial charge in [-0.05, 0) is 51.2 Å². The highest BCUT2D eigenvalue weighted by Gasteiger charge is 2.22. The van der Waals surface area contributed by atoms with E-state index in [9.17, 15) is 9.59 Å². The van der Waals surface area contributed by atoms with Crippen LogP contribution in [0.15, 0.2) is 16.6 Å². The van der Waals surface area contributed by atoms with Crippen LogP contribution in [0.3, 0.4) is 0 Å². The second kappa shape index (κ2) is 9.54. The molecule has 0 aromatic carbocycles. The van der Waals surface area contributed by atoms with E-state index in [0.29, 0.717) is 22.3 Å². The summed E-state index contributed by atoms with van der Waals surface area (Å²) in [5.41, 5.74) is 2.96. The Kier molecular flexibility index (Phi) is 6.78. The van der Waals surface area contributed by atoms with Crippen LogP contribution in [-0.4, -0.2) is 39.0 Å². The van der Waals surface area contributed by atoms with Crippen LogP contribution >= 0.6 is 34.4 Å². The van der Waals surface area contributed by atoms with E-state index >= 15 is 0 Å². The number of carbonyl (C=O) groups excluding carboxylic acids is 2. The normalized spacial score (nSPS) is 13.1. The Morgan fingerprint density at radius 1 is 1.29 bits per heavy atom. The van der Waals surface area contributed by atoms with Gasteiger partial charge in [0.15, 0.2) is 11.0 Å². The van der Waals surface area contributed by atoms with Crippen LogP contribution in [0.25, 0.3) is 11.4 Å². The monoisotopic (exact) mass is 476 g/mol. The Morgan fingerprint density at radius 3 is 2.90 bits per heavy atom. The molecule has 3 heterocycles. The fourth-order valence-corrected chi connectivity index (χ4v) is 6.37. The maximum absolute atomic E-state index is 12.5. The van der Waals surface area contributed by atoms with Crippen molar-refractivity contribution in [1.29, 1.82) is 0 Å². The summed E-state index contributed by atoms with van der Waals surface area (Å²) in [6.07, 6.45) is 4.71. The zero-order valence-electron chi connectivity index (χ0n) is 17.7. The lowest BCUT2D eigenvalue weighted by Gasteiger charge is -2.12. The molecule has 0 saturated carbocycles. The number of thiophene rings is 2. The first-order chi connectivity index (χ1) is 15.0. The number of hydrogen-bond donors (Lipinski definition) is 1. The van der Waals surface area contributed by atoms with E-state index < -0.39 is 5.97 Å². The summed E-state index contributed by atoms with van der Waals surface area (Å²) in [5, 5.41) is 14.9. The summed E-state index contributed by atoms with van der Waals surface area (Å²) in [7, 11) is 1.93. The minimum absolute atomic E-state index is 0.174. The predicted molar refractivity (Wildman–Crippen MR) is 125 cm³/mol. The van der Waals surface area contributed by atoms with Crippen molar-refractivity contribution in [2.75, 3.05) is 17.7 Å². The third kappa shape index (κ3) is 4.70. The highest BCUT2D eigenvalue weighted by molar-refractivity contribution is 7.99. The van der Waals surface area contributed by atoms with Gasteiger partial charge in [0.05, 0.1) is 17.9 Å². The van der Waals surface area contributed by atoms with Crippen molar-refractivity contribution >= 4 is 51.3 Å². The lowest BCUT2D eigenvalue weighted by Crippen LogP contribution is -2.16. The molecule has 1 aliphatic carbocycles. The van der Waals surface area contributed by atoms with Gasteiger partial charge in [0.1, 0.15) is 5.00 Å². The van der Waals surface area contributed by atoms with Gasteiger partial charge in [0.2, 0.25) is 5.91 Å². The molecule has 3 aromatic rings. The molecule has 0 fully saturated rings. The minimum atomic E-state index is -0.424. The number of thioether (sulfide) groups is 1. The number of aryl methyl sites for hydroxylation is 2. The molecule has 1 aliphatic rings. The third-order valence-electron chi connectivity index (χ3n) is 5.07. The highest BCUT2D eigenvalue weighted by atomic mass is 32.2. The summed E-state index contributed by atoms with van der Waals surface area (Å²) in [6.45, 7) is 3.94. The van der Waals surface area contributed by atoms with Crippen LogP contribution in [0.2, 0.25) is 0 Å². The molecule has 1 N–H and O–H groups in total. The van der Waals surface area contributed by atoms with E-state index in [4.69, 9.17) is 4.74 Å². The van der Waals surface area contributed by atoms with Gasteiger partial charge < -0.3 is 14.6 Å². The number of hydrogen-bond acceptors (Lipinski definition) is 8. The van der Waals surface area contributed by atoms with Crippen LogP contribution in [0, 0.1) is 6.92 Å². The Balaban J connectivity index is 1.42. The van der Waals surface area contributed by atoms with Gasteiger partial charge >= 0.3 is 5.97 Å². The zero-order chi connectivity index (χ0) is 22.0. The minimum Gasteiger partial charge on any atom is -0.462 e. The quantitative estimate of drug-likeness (QED) is 0.393. The molecule has 3 aromatic heterocycles. The maximum atomic E-state index is 12.5. The fraction of sp³-hybridized carbons (Fsp3) is 0.429. The second-order valence-electron chi connectivity index (χ2n) is 7.28. The highest BCUT2D eigenvalue weighted by Crippen LogP contribution is 2.36. The summed E-state index contributed by atoms with van der Waals surface area (Å²) in [5.74, 6) is 0.398. The Hall–Kier alpha value is -2.17. The van der Waals surface area contributed by atoms with Crippen LogP contribution in [-0.2, 0) is 29.4 Å². The number of aromatic nitrogens is 3. The van der Waals surface area contributed by atoms with E-state index in [-0.39, 0.29) is 11.7 Å². The molecule has 0 saturated heterocycles. The van der Waals surface area contributed by atoms with Crippen molar-refractivity contribution < 1.29 is 14.3 Å². The van der Waals surface area contributed by atoms with Crippen molar-refractivity contribution in [1.82, 2.24) is 14.8 Å². The summed E-state index contributed by atoms with van der Waals surface area (Å²) < 4.78 is 7.03. The first-order valence-electron chi connectivity index (χ1n) is 10.2. The summed E-state index contributed by atoms with van der Waals surface area (Å²) in [6, 6.07) is 1.74. The Bertz CT molecular complexity index is 1120. The van der Waals surface area contributed by atoms with Crippen LogP contribution in [0.5, 0.6) is 0 Å². The number of ether oxygens (including phenoxy) is 1. The molecule has 31 heavy (non-hydrogen) atoms. The average Bonchev–Trinajstić information content (AvgIpc) is 3.43. The first kappa shape index (κ1) is 22.0. The van der Waals surface area contributed by atoms with E-state index in [1.54, 1.807) is 24.3 Å². The van der Waals surface area contributed by atoms with E-state index in [1.165, 1.54) is 51.9 Å². The summed E-state index contributed by atoms with van der Waals surface area (Å²) in [4.78, 5) is 27.0. The smallest absolute Gasteiger partial charge is 0.341 e. The Morgan fingerprint density at radius 2 is 2.10 bits per heavy atom. The number of rotatable bonds is 7. The van der Waals surface area contributed by atoms with Crippen molar-refractivity contribution in [3.05, 3.63) is 32.3 Å². The molecule has 10 heteroatoms. The van der Waals surface area contributed by atoms with Crippen LogP contribution < -0.4 is 5.32 Å². The lowest BCUT2D eigenvalue weighted by molar-refractivity contribution is -0.113. The average molecular weight is 477 g/mol. The van der Waals surface area contributed by atoms with Gasteiger partial charge in [0.25, 0.3) is 0 Å². The first-order valence-corrected chi connectivity index (χ1v) is 12.8. The zero-order valence-corrected chi connectivity index (χ0v) is 20.1. The molecule has 1 amide bonds. The number of carbonyl (C=O) groups is 2. The largest absolute Gasteiger partial charge is 0.462 e. The maximum Gasteiger partial charge on any atom is 0.341 e. The van der Waals surface area contributed by atoms with E-state index in [0.717, 1.165) is 23.5 Å². The van der Waals surface area contributed by atoms with Crippen LogP contribution in [0.1, 0.15) is 45.4 Å². The number of nitrogens with zero attached hydrogens (tertiary/aromatic N) is 3. The predicted octanol–water partition coefficient (Wildman–Crippen LogP) is 4.70. The summed E-state index contributed by atoms with van der Waals surface area (Å²) >= 11 is 4.50. The molecular weight excluding hydrogens is 452 g/mol. The standard InChI is InChI=1S/C21H24N4O3S3/c1-4-28-20(27)14-9-12(2)31-19(14)22-17(26)11-30-21-24-23-18(25(21)3)15-10-29-16-8-6-5-7-13(15)16/h9-10H,4-8,11H2,1-3H3,(H,22,26). The molecule has 0 aliphatic heterocycles. The molecule has 0 radical (unpaired) electrons. The van der Waals surface area contributed by atoms with Crippen molar-refractivity contribution in [3.8, 4) is 11.4 Å². The number of fused-ring (bicyclic) bond motifs is 1. The van der Waals surface area contributed by atoms with Gasteiger partial charge in [-0.1, -0.05) is 11.8 Å². The Labute approximate surface area is 193 Å². The van der Waals surface area contributed by atoms with E-state index in [2.05, 4.69) is 20.9 Å². The number of esters is 1. The van der Waals surface area contributed by atoms with E-state index in [1.807, 2.05) is 18.5 Å². The SMILES string of the molecule is CCOC(=O)c1cc(C)sc1NC(=O)CSc1nnc(-c2csc3c2CCCC3)n1C. The van der Waals surface area contributed by atoms with Gasteiger partial charge in [-0.15, -0.1) is 32.9 Å². The molecule has 4 rings (SSSR count). The molecule has 0 spiro atoms. The van der Waals surface area contributed by atoms with Gasteiger partial charge in [0, 0.05) is 27.7 Å². The fourth-order valence-electron chi connectivity index (χ4n) is 3.62. The third-order valence-corrected chi connectivity index (χ3v) is 8.15. The molecule has 0 atom stereocenters. The van der Waals surface area contributed by atoms with Crippen molar-refractivity contribution in [2.45, 2.75) is 44.7 Å². The molecule has 164 valence electrons. The molecule has 0 bridgehead atoms. The number of anilines is 1.